The molecule has 28 heavy (non-hydrogen) atoms. The van der Waals surface area contributed by atoms with Gasteiger partial charge in [0.15, 0.2) is 5.82 Å². The van der Waals surface area contributed by atoms with Gasteiger partial charge in [-0.1, -0.05) is 44.2 Å². The maximum atomic E-state index is 12.1. The van der Waals surface area contributed by atoms with Gasteiger partial charge >= 0.3 is 5.97 Å². The van der Waals surface area contributed by atoms with Crippen molar-refractivity contribution < 1.29 is 15.0 Å². The summed E-state index contributed by atoms with van der Waals surface area (Å²) in [5.74, 6) is 0.175. The van der Waals surface area contributed by atoms with Crippen molar-refractivity contribution in [3.8, 4) is 11.4 Å². The average molecular weight is 383 g/mol. The predicted molar refractivity (Wildman–Crippen MR) is 108 cm³/mol. The molecule has 2 heterocycles. The molecule has 2 N–H and O–H groups in total. The van der Waals surface area contributed by atoms with Crippen LogP contribution in [0, 0.1) is 11.3 Å². The number of carbonyl (C=O) groups is 1. The summed E-state index contributed by atoms with van der Waals surface area (Å²) in [6, 6.07) is 9.80. The minimum Gasteiger partial charge on any atom is -0.481 e. The van der Waals surface area contributed by atoms with Crippen molar-refractivity contribution >= 4 is 5.97 Å². The lowest BCUT2D eigenvalue weighted by Crippen LogP contribution is -2.55. The quantitative estimate of drug-likeness (QED) is 0.763. The summed E-state index contributed by atoms with van der Waals surface area (Å²) in [7, 11) is 0. The van der Waals surface area contributed by atoms with Crippen LogP contribution in [0.2, 0.25) is 0 Å². The number of hydrogen-bond donors (Lipinski definition) is 2. The van der Waals surface area contributed by atoms with E-state index in [-0.39, 0.29) is 0 Å². The molecule has 2 atom stereocenters. The summed E-state index contributed by atoms with van der Waals surface area (Å²) >= 11 is 0. The van der Waals surface area contributed by atoms with Gasteiger partial charge in [0.05, 0.1) is 6.10 Å². The van der Waals surface area contributed by atoms with E-state index in [1.165, 1.54) is 0 Å². The number of aliphatic carboxylic acids is 1. The van der Waals surface area contributed by atoms with Crippen LogP contribution in [0.5, 0.6) is 0 Å². The smallest absolute Gasteiger partial charge is 0.313 e. The number of aliphatic hydroxyl groups is 1. The van der Waals surface area contributed by atoms with E-state index in [1.54, 1.807) is 12.4 Å². The average Bonchev–Trinajstić information content (AvgIpc) is 2.69. The molecule has 1 aromatic heterocycles. The van der Waals surface area contributed by atoms with Gasteiger partial charge in [-0.15, -0.1) is 0 Å². The van der Waals surface area contributed by atoms with Crippen LogP contribution in [0.25, 0.3) is 11.4 Å². The molecular formula is C22H29N3O3. The number of hydrogen-bond acceptors (Lipinski definition) is 5. The van der Waals surface area contributed by atoms with E-state index in [0.29, 0.717) is 44.2 Å². The van der Waals surface area contributed by atoms with Crippen molar-refractivity contribution in [2.24, 2.45) is 11.3 Å². The summed E-state index contributed by atoms with van der Waals surface area (Å²) in [4.78, 5) is 23.1. The van der Waals surface area contributed by atoms with Crippen LogP contribution in [0.1, 0.15) is 38.7 Å². The number of piperidine rings is 1. The number of carboxylic acids is 1. The van der Waals surface area contributed by atoms with Crippen molar-refractivity contribution in [1.29, 1.82) is 0 Å². The van der Waals surface area contributed by atoms with Gasteiger partial charge in [-0.05, 0) is 25.2 Å². The topological polar surface area (TPSA) is 86.5 Å². The van der Waals surface area contributed by atoms with Gasteiger partial charge in [0, 0.05) is 43.2 Å². The highest BCUT2D eigenvalue weighted by Crippen LogP contribution is 2.37. The first-order valence-electron chi connectivity index (χ1n) is 9.91. The molecule has 0 aliphatic carbocycles. The van der Waals surface area contributed by atoms with Crippen molar-refractivity contribution in [2.45, 2.75) is 45.8 Å². The second-order valence-electron chi connectivity index (χ2n) is 8.19. The number of likely N-dealkylation sites (tertiary alicyclic amines) is 1. The molecule has 0 bridgehead atoms. The molecular weight excluding hydrogens is 354 g/mol. The lowest BCUT2D eigenvalue weighted by molar-refractivity contribution is -0.165. The third kappa shape index (κ3) is 4.56. The summed E-state index contributed by atoms with van der Waals surface area (Å²) < 4.78 is 0. The molecule has 2 aromatic rings. The molecule has 0 radical (unpaired) electrons. The van der Waals surface area contributed by atoms with E-state index >= 15 is 0 Å². The number of aliphatic hydroxyl groups excluding tert-OH is 1. The zero-order chi connectivity index (χ0) is 20.1. The molecule has 1 aliphatic rings. The van der Waals surface area contributed by atoms with Crippen molar-refractivity contribution in [3.63, 3.8) is 0 Å². The van der Waals surface area contributed by atoms with Gasteiger partial charge in [-0.2, -0.15) is 0 Å². The largest absolute Gasteiger partial charge is 0.481 e. The van der Waals surface area contributed by atoms with Crippen LogP contribution in [0.15, 0.2) is 42.7 Å². The molecule has 1 fully saturated rings. The summed E-state index contributed by atoms with van der Waals surface area (Å²) in [5.41, 5.74) is 0.806. The number of benzene rings is 1. The first-order valence-corrected chi connectivity index (χ1v) is 9.91. The van der Waals surface area contributed by atoms with Crippen LogP contribution < -0.4 is 0 Å². The van der Waals surface area contributed by atoms with Gasteiger partial charge in [0.1, 0.15) is 5.41 Å². The minimum absolute atomic E-state index is 0.344. The van der Waals surface area contributed by atoms with E-state index in [0.717, 1.165) is 17.5 Å². The Morgan fingerprint density at radius 2 is 1.93 bits per heavy atom. The Bertz CT molecular complexity index is 779. The fourth-order valence-corrected chi connectivity index (χ4v) is 3.84. The van der Waals surface area contributed by atoms with E-state index in [1.807, 2.05) is 30.3 Å². The minimum atomic E-state index is -1.10. The standard InChI is InChI=1S/C22H29N3O3/c1-16(2)8-10-22(21(27)28)15-25(11-9-19(22)26)14-17-12-23-20(24-13-17)18-6-4-3-5-7-18/h3-7,12-13,16,19,26H,8-11,14-15H2,1-2H3,(H,27,28)/t19-,22+/m0/s1. The Kier molecular flexibility index (Phi) is 6.42. The molecule has 150 valence electrons. The Labute approximate surface area is 166 Å². The Morgan fingerprint density at radius 1 is 1.25 bits per heavy atom. The zero-order valence-corrected chi connectivity index (χ0v) is 16.6. The fraction of sp³-hybridized carbons (Fsp3) is 0.500. The predicted octanol–water partition coefficient (Wildman–Crippen LogP) is 3.22. The zero-order valence-electron chi connectivity index (χ0n) is 16.6. The molecule has 0 unspecified atom stereocenters. The second kappa shape index (κ2) is 8.80. The van der Waals surface area contributed by atoms with Gasteiger partial charge < -0.3 is 10.2 Å². The van der Waals surface area contributed by atoms with Gasteiger partial charge in [-0.3, -0.25) is 9.69 Å². The van der Waals surface area contributed by atoms with Gasteiger partial charge in [-0.25, -0.2) is 9.97 Å². The first-order chi connectivity index (χ1) is 13.4. The summed E-state index contributed by atoms with van der Waals surface area (Å²) in [6.07, 6.45) is 4.53. The van der Waals surface area contributed by atoms with Crippen molar-refractivity contribution in [3.05, 3.63) is 48.3 Å². The Balaban J connectivity index is 1.71. The van der Waals surface area contributed by atoms with Crippen molar-refractivity contribution in [1.82, 2.24) is 14.9 Å². The third-order valence-electron chi connectivity index (χ3n) is 5.60. The molecule has 0 amide bonds. The maximum Gasteiger partial charge on any atom is 0.313 e. The van der Waals surface area contributed by atoms with E-state index in [9.17, 15) is 15.0 Å². The molecule has 6 heteroatoms. The van der Waals surface area contributed by atoms with E-state index in [4.69, 9.17) is 0 Å². The number of nitrogens with zero attached hydrogens (tertiary/aromatic N) is 3. The van der Waals surface area contributed by atoms with Gasteiger partial charge in [0.25, 0.3) is 0 Å². The fourth-order valence-electron chi connectivity index (χ4n) is 3.84. The number of carboxylic acid groups (broad SMARTS) is 1. The molecule has 1 saturated heterocycles. The van der Waals surface area contributed by atoms with Crippen LogP contribution in [-0.2, 0) is 11.3 Å². The van der Waals surface area contributed by atoms with E-state index < -0.39 is 17.5 Å². The maximum absolute atomic E-state index is 12.1. The normalized spacial score (nSPS) is 23.1. The van der Waals surface area contributed by atoms with Crippen LogP contribution in [0.4, 0.5) is 0 Å². The summed E-state index contributed by atoms with van der Waals surface area (Å²) in [6.45, 7) is 5.75. The number of aromatic nitrogens is 2. The SMILES string of the molecule is CC(C)CC[C@@]1(C(=O)O)CN(Cc2cnc(-c3ccccc3)nc2)CC[C@@H]1O. The second-order valence-corrected chi connectivity index (χ2v) is 8.19. The molecule has 1 aliphatic heterocycles. The Morgan fingerprint density at radius 3 is 2.54 bits per heavy atom. The molecule has 0 saturated carbocycles. The highest BCUT2D eigenvalue weighted by atomic mass is 16.4. The molecule has 6 nitrogen and oxygen atoms in total. The highest BCUT2D eigenvalue weighted by Gasteiger charge is 2.48. The number of rotatable bonds is 7. The lowest BCUT2D eigenvalue weighted by atomic mass is 9.72. The van der Waals surface area contributed by atoms with Crippen LogP contribution in [0.3, 0.4) is 0 Å². The monoisotopic (exact) mass is 383 g/mol. The molecule has 1 aromatic carbocycles. The first kappa shape index (κ1) is 20.4. The lowest BCUT2D eigenvalue weighted by Gasteiger charge is -2.43. The summed E-state index contributed by atoms with van der Waals surface area (Å²) in [5, 5.41) is 20.4. The highest BCUT2D eigenvalue weighted by molar-refractivity contribution is 5.76. The van der Waals surface area contributed by atoms with E-state index in [2.05, 4.69) is 28.7 Å². The molecule has 0 spiro atoms. The van der Waals surface area contributed by atoms with Crippen LogP contribution >= 0.6 is 0 Å². The van der Waals surface area contributed by atoms with Crippen molar-refractivity contribution in [2.75, 3.05) is 13.1 Å². The third-order valence-corrected chi connectivity index (χ3v) is 5.60. The van der Waals surface area contributed by atoms with Crippen LogP contribution in [-0.4, -0.2) is 50.2 Å². The van der Waals surface area contributed by atoms with Gasteiger partial charge in [0.2, 0.25) is 0 Å². The molecule has 3 rings (SSSR count). The Hall–Kier alpha value is -2.31.